The van der Waals surface area contributed by atoms with E-state index in [-0.39, 0.29) is 0 Å². The molecule has 2 heteroatoms. The minimum Gasteiger partial charge on any atom is -0.364 e. The standard InChI is InChI=1S/C17H17NO/c1-13-9-16-8-7-15(12-19)10-17(16)18(13)11-14-5-3-2-4-6-14/h2-8,10,12-13H,9,11H2,1H3. The number of anilines is 1. The summed E-state index contributed by atoms with van der Waals surface area (Å²) in [6.45, 7) is 3.14. The lowest BCUT2D eigenvalue weighted by molar-refractivity contribution is 0.112. The van der Waals surface area contributed by atoms with Crippen LogP contribution in [-0.4, -0.2) is 12.3 Å². The zero-order valence-corrected chi connectivity index (χ0v) is 11.0. The summed E-state index contributed by atoms with van der Waals surface area (Å²) in [6.07, 6.45) is 1.98. The van der Waals surface area contributed by atoms with Crippen molar-refractivity contribution < 1.29 is 4.79 Å². The third-order valence-corrected chi connectivity index (χ3v) is 3.80. The van der Waals surface area contributed by atoms with E-state index in [0.29, 0.717) is 6.04 Å². The molecule has 1 aliphatic rings. The Morgan fingerprint density at radius 3 is 2.74 bits per heavy atom. The van der Waals surface area contributed by atoms with E-state index < -0.39 is 0 Å². The normalized spacial score (nSPS) is 17.3. The Morgan fingerprint density at radius 2 is 2.00 bits per heavy atom. The summed E-state index contributed by atoms with van der Waals surface area (Å²) in [4.78, 5) is 13.3. The first-order chi connectivity index (χ1) is 9.28. The van der Waals surface area contributed by atoms with Crippen LogP contribution in [0.5, 0.6) is 0 Å². The number of carbonyl (C=O) groups excluding carboxylic acids is 1. The topological polar surface area (TPSA) is 20.3 Å². The molecule has 0 bridgehead atoms. The summed E-state index contributed by atoms with van der Waals surface area (Å²) in [6, 6.07) is 17.0. The van der Waals surface area contributed by atoms with Gasteiger partial charge < -0.3 is 4.90 Å². The number of rotatable bonds is 3. The van der Waals surface area contributed by atoms with Gasteiger partial charge in [-0.3, -0.25) is 4.79 Å². The molecule has 2 aromatic carbocycles. The molecule has 0 radical (unpaired) electrons. The van der Waals surface area contributed by atoms with Crippen molar-refractivity contribution in [3.8, 4) is 0 Å². The van der Waals surface area contributed by atoms with E-state index in [4.69, 9.17) is 0 Å². The van der Waals surface area contributed by atoms with Crippen LogP contribution in [0.4, 0.5) is 5.69 Å². The molecule has 0 aliphatic carbocycles. The van der Waals surface area contributed by atoms with Gasteiger partial charge in [-0.2, -0.15) is 0 Å². The Balaban J connectivity index is 1.93. The number of benzene rings is 2. The average molecular weight is 251 g/mol. The van der Waals surface area contributed by atoms with E-state index in [1.165, 1.54) is 16.8 Å². The smallest absolute Gasteiger partial charge is 0.150 e. The first-order valence-electron chi connectivity index (χ1n) is 6.66. The first-order valence-corrected chi connectivity index (χ1v) is 6.66. The Kier molecular flexibility index (Phi) is 3.08. The monoisotopic (exact) mass is 251 g/mol. The summed E-state index contributed by atoms with van der Waals surface area (Å²) in [7, 11) is 0. The summed E-state index contributed by atoms with van der Waals surface area (Å²) < 4.78 is 0. The molecule has 0 fully saturated rings. The molecule has 1 aliphatic heterocycles. The predicted molar refractivity (Wildman–Crippen MR) is 77.6 cm³/mol. The number of nitrogens with zero attached hydrogens (tertiary/aromatic N) is 1. The van der Waals surface area contributed by atoms with Gasteiger partial charge in [-0.25, -0.2) is 0 Å². The molecular weight excluding hydrogens is 234 g/mol. The van der Waals surface area contributed by atoms with E-state index >= 15 is 0 Å². The summed E-state index contributed by atoms with van der Waals surface area (Å²) in [5.41, 5.74) is 4.61. The summed E-state index contributed by atoms with van der Waals surface area (Å²) >= 11 is 0. The second-order valence-electron chi connectivity index (χ2n) is 5.17. The van der Waals surface area contributed by atoms with Crippen molar-refractivity contribution >= 4 is 12.0 Å². The number of hydrogen-bond donors (Lipinski definition) is 0. The highest BCUT2D eigenvalue weighted by molar-refractivity contribution is 5.79. The highest BCUT2D eigenvalue weighted by Gasteiger charge is 2.25. The molecule has 0 saturated heterocycles. The van der Waals surface area contributed by atoms with Crippen molar-refractivity contribution in [1.82, 2.24) is 0 Å². The third-order valence-electron chi connectivity index (χ3n) is 3.80. The van der Waals surface area contributed by atoms with Gasteiger partial charge in [0, 0.05) is 23.8 Å². The maximum absolute atomic E-state index is 10.9. The van der Waals surface area contributed by atoms with E-state index in [2.05, 4.69) is 42.2 Å². The molecule has 0 spiro atoms. The molecule has 0 amide bonds. The van der Waals surface area contributed by atoms with Crippen LogP contribution in [0.2, 0.25) is 0 Å². The zero-order chi connectivity index (χ0) is 13.2. The van der Waals surface area contributed by atoms with Crippen molar-refractivity contribution in [2.24, 2.45) is 0 Å². The summed E-state index contributed by atoms with van der Waals surface area (Å²) in [5, 5.41) is 0. The molecule has 96 valence electrons. The van der Waals surface area contributed by atoms with Crippen LogP contribution in [0.25, 0.3) is 0 Å². The molecule has 3 rings (SSSR count). The van der Waals surface area contributed by atoms with E-state index in [1.54, 1.807) is 0 Å². The van der Waals surface area contributed by atoms with Crippen molar-refractivity contribution in [3.63, 3.8) is 0 Å². The van der Waals surface area contributed by atoms with Crippen LogP contribution in [-0.2, 0) is 13.0 Å². The average Bonchev–Trinajstić information content (AvgIpc) is 2.76. The molecule has 2 aromatic rings. The van der Waals surface area contributed by atoms with Gasteiger partial charge in [0.2, 0.25) is 0 Å². The van der Waals surface area contributed by atoms with Gasteiger partial charge >= 0.3 is 0 Å². The molecule has 0 saturated carbocycles. The molecule has 1 unspecified atom stereocenters. The summed E-state index contributed by atoms with van der Waals surface area (Å²) in [5.74, 6) is 0. The minimum absolute atomic E-state index is 0.483. The molecule has 1 atom stereocenters. The van der Waals surface area contributed by atoms with Crippen LogP contribution in [0.15, 0.2) is 48.5 Å². The maximum Gasteiger partial charge on any atom is 0.150 e. The zero-order valence-electron chi connectivity index (χ0n) is 11.0. The van der Waals surface area contributed by atoms with Gasteiger partial charge in [0.15, 0.2) is 0 Å². The highest BCUT2D eigenvalue weighted by atomic mass is 16.1. The van der Waals surface area contributed by atoms with Crippen LogP contribution >= 0.6 is 0 Å². The second-order valence-corrected chi connectivity index (χ2v) is 5.17. The van der Waals surface area contributed by atoms with Gasteiger partial charge in [-0.1, -0.05) is 42.5 Å². The van der Waals surface area contributed by atoms with Gasteiger partial charge in [0.25, 0.3) is 0 Å². The number of hydrogen-bond acceptors (Lipinski definition) is 2. The minimum atomic E-state index is 0.483. The van der Waals surface area contributed by atoms with Gasteiger partial charge in [-0.15, -0.1) is 0 Å². The number of carbonyl (C=O) groups is 1. The lowest BCUT2D eigenvalue weighted by Gasteiger charge is -2.25. The Bertz CT molecular complexity index is 591. The van der Waals surface area contributed by atoms with Crippen LogP contribution in [0.1, 0.15) is 28.4 Å². The number of fused-ring (bicyclic) bond motifs is 1. The molecule has 2 nitrogen and oxygen atoms in total. The van der Waals surface area contributed by atoms with E-state index in [1.807, 2.05) is 18.2 Å². The molecule has 0 aromatic heterocycles. The quantitative estimate of drug-likeness (QED) is 0.779. The third kappa shape index (κ3) is 2.26. The SMILES string of the molecule is CC1Cc2ccc(C=O)cc2N1Cc1ccccc1. The molecule has 1 heterocycles. The fourth-order valence-corrected chi connectivity index (χ4v) is 2.78. The fourth-order valence-electron chi connectivity index (χ4n) is 2.78. The van der Waals surface area contributed by atoms with Crippen LogP contribution in [0, 0.1) is 0 Å². The van der Waals surface area contributed by atoms with Crippen LogP contribution < -0.4 is 4.90 Å². The van der Waals surface area contributed by atoms with Crippen molar-refractivity contribution in [1.29, 1.82) is 0 Å². The van der Waals surface area contributed by atoms with Crippen molar-refractivity contribution in [2.75, 3.05) is 4.90 Å². The molecular formula is C17H17NO. The van der Waals surface area contributed by atoms with Crippen molar-refractivity contribution in [2.45, 2.75) is 25.9 Å². The highest BCUT2D eigenvalue weighted by Crippen LogP contribution is 2.33. The second kappa shape index (κ2) is 4.88. The predicted octanol–water partition coefficient (Wildman–Crippen LogP) is 3.45. The molecule has 19 heavy (non-hydrogen) atoms. The van der Waals surface area contributed by atoms with E-state index in [9.17, 15) is 4.79 Å². The Hall–Kier alpha value is -2.09. The van der Waals surface area contributed by atoms with Gasteiger partial charge in [-0.05, 0) is 30.5 Å². The van der Waals surface area contributed by atoms with Crippen molar-refractivity contribution in [3.05, 3.63) is 65.2 Å². The van der Waals surface area contributed by atoms with Gasteiger partial charge in [0.1, 0.15) is 6.29 Å². The van der Waals surface area contributed by atoms with Crippen LogP contribution in [0.3, 0.4) is 0 Å². The van der Waals surface area contributed by atoms with E-state index in [0.717, 1.165) is 24.8 Å². The Labute approximate surface area is 113 Å². The fraction of sp³-hybridized carbons (Fsp3) is 0.235. The molecule has 0 N–H and O–H groups in total. The maximum atomic E-state index is 10.9. The lowest BCUT2D eigenvalue weighted by atomic mass is 10.1. The van der Waals surface area contributed by atoms with Gasteiger partial charge in [0.05, 0.1) is 0 Å². The Morgan fingerprint density at radius 1 is 1.21 bits per heavy atom. The first kappa shape index (κ1) is 12.0. The number of aldehydes is 1. The largest absolute Gasteiger partial charge is 0.364 e. The lowest BCUT2D eigenvalue weighted by Crippen LogP contribution is -2.28.